The molecule has 0 radical (unpaired) electrons. The molecule has 7 heteroatoms. The highest BCUT2D eigenvalue weighted by atomic mass is 16.5. The van der Waals surface area contributed by atoms with Crippen molar-refractivity contribution in [1.29, 1.82) is 0 Å². The van der Waals surface area contributed by atoms with Crippen molar-refractivity contribution in [1.82, 2.24) is 10.6 Å². The Labute approximate surface area is 160 Å². The van der Waals surface area contributed by atoms with Gasteiger partial charge >= 0.3 is 12.0 Å². The van der Waals surface area contributed by atoms with Crippen molar-refractivity contribution in [3.63, 3.8) is 0 Å². The molecule has 4 N–H and O–H groups in total. The van der Waals surface area contributed by atoms with Crippen molar-refractivity contribution >= 4 is 17.9 Å². The van der Waals surface area contributed by atoms with Gasteiger partial charge in [0.05, 0.1) is 0 Å². The summed E-state index contributed by atoms with van der Waals surface area (Å²) in [5.74, 6) is -0.516. The quantitative estimate of drug-likeness (QED) is 0.603. The Morgan fingerprint density at radius 2 is 1.81 bits per heavy atom. The fourth-order valence-electron chi connectivity index (χ4n) is 3.30. The van der Waals surface area contributed by atoms with E-state index in [1.165, 1.54) is 26.2 Å². The maximum absolute atomic E-state index is 12.4. The molecule has 0 spiro atoms. The predicted octanol–water partition coefficient (Wildman–Crippen LogP) is 1.89. The minimum absolute atomic E-state index is 0.235. The van der Waals surface area contributed by atoms with Crippen molar-refractivity contribution < 1.29 is 19.1 Å². The van der Waals surface area contributed by atoms with E-state index in [1.807, 2.05) is 30.3 Å². The van der Waals surface area contributed by atoms with Gasteiger partial charge < -0.3 is 21.1 Å². The molecule has 148 valence electrons. The molecule has 0 aliphatic heterocycles. The van der Waals surface area contributed by atoms with Gasteiger partial charge in [-0.25, -0.2) is 9.59 Å². The molecule has 1 aliphatic rings. The fourth-order valence-corrected chi connectivity index (χ4v) is 3.30. The number of esters is 1. The first-order valence-corrected chi connectivity index (χ1v) is 9.54. The SMILES string of the molecule is C[C@@H](OC(=O)[C@H](Cc1ccccc1)NC(N)=O)C(=O)NCC1CCCCC1. The molecule has 7 nitrogen and oxygen atoms in total. The summed E-state index contributed by atoms with van der Waals surface area (Å²) in [4.78, 5) is 35.9. The van der Waals surface area contributed by atoms with E-state index in [1.54, 1.807) is 0 Å². The third-order valence-corrected chi connectivity index (χ3v) is 4.84. The largest absolute Gasteiger partial charge is 0.451 e. The number of carbonyl (C=O) groups is 3. The molecule has 1 saturated carbocycles. The highest BCUT2D eigenvalue weighted by Crippen LogP contribution is 2.22. The zero-order valence-electron chi connectivity index (χ0n) is 15.8. The minimum atomic E-state index is -0.946. The first-order chi connectivity index (χ1) is 13.0. The highest BCUT2D eigenvalue weighted by molar-refractivity contribution is 5.87. The maximum atomic E-state index is 12.4. The van der Waals surface area contributed by atoms with Crippen LogP contribution in [0.15, 0.2) is 30.3 Å². The van der Waals surface area contributed by atoms with Gasteiger partial charge in [-0.2, -0.15) is 0 Å². The van der Waals surface area contributed by atoms with Gasteiger partial charge in [0.2, 0.25) is 0 Å². The van der Waals surface area contributed by atoms with E-state index in [9.17, 15) is 14.4 Å². The standard InChI is InChI=1S/C20H29N3O4/c1-14(18(24)22-13-16-10-6-3-7-11-16)27-19(25)17(23-20(21)26)12-15-8-4-2-5-9-15/h2,4-5,8-9,14,16-17H,3,6-7,10-13H2,1H3,(H,22,24)(H3,21,23,26)/t14-,17+/m1/s1. The number of ether oxygens (including phenoxy) is 1. The zero-order valence-corrected chi connectivity index (χ0v) is 15.8. The van der Waals surface area contributed by atoms with Crippen LogP contribution in [-0.2, 0) is 20.7 Å². The number of nitrogens with one attached hydrogen (secondary N) is 2. The van der Waals surface area contributed by atoms with Gasteiger partial charge in [-0.1, -0.05) is 49.6 Å². The summed E-state index contributed by atoms with van der Waals surface area (Å²) in [6.45, 7) is 2.13. The molecule has 0 bridgehead atoms. The second-order valence-electron chi connectivity index (χ2n) is 7.08. The summed E-state index contributed by atoms with van der Waals surface area (Å²) in [5.41, 5.74) is 6.02. The van der Waals surface area contributed by atoms with Crippen molar-refractivity contribution in [3.05, 3.63) is 35.9 Å². The number of benzene rings is 1. The molecular weight excluding hydrogens is 346 g/mol. The Balaban J connectivity index is 1.86. The summed E-state index contributed by atoms with van der Waals surface area (Å²) in [7, 11) is 0. The normalized spacial score (nSPS) is 16.8. The van der Waals surface area contributed by atoms with Gasteiger partial charge in [0, 0.05) is 13.0 Å². The van der Waals surface area contributed by atoms with Crippen molar-refractivity contribution in [3.8, 4) is 0 Å². The summed E-state index contributed by atoms with van der Waals surface area (Å²) in [6.07, 6.45) is 5.20. The lowest BCUT2D eigenvalue weighted by Gasteiger charge is -2.23. The van der Waals surface area contributed by atoms with Gasteiger partial charge in [-0.3, -0.25) is 4.79 Å². The molecule has 3 amide bonds. The van der Waals surface area contributed by atoms with E-state index < -0.39 is 24.1 Å². The first-order valence-electron chi connectivity index (χ1n) is 9.54. The highest BCUT2D eigenvalue weighted by Gasteiger charge is 2.26. The number of primary amides is 1. The van der Waals surface area contributed by atoms with E-state index in [2.05, 4.69) is 10.6 Å². The molecule has 1 aromatic rings. The minimum Gasteiger partial charge on any atom is -0.451 e. The van der Waals surface area contributed by atoms with Crippen LogP contribution in [-0.4, -0.2) is 36.6 Å². The van der Waals surface area contributed by atoms with Crippen LogP contribution in [0.2, 0.25) is 0 Å². The topological polar surface area (TPSA) is 111 Å². The smallest absolute Gasteiger partial charge is 0.329 e. The molecule has 1 fully saturated rings. The molecule has 0 heterocycles. The number of rotatable bonds is 8. The van der Waals surface area contributed by atoms with Crippen molar-refractivity contribution in [2.45, 2.75) is 57.6 Å². The lowest BCUT2D eigenvalue weighted by Crippen LogP contribution is -2.48. The second-order valence-corrected chi connectivity index (χ2v) is 7.08. The fraction of sp³-hybridized carbons (Fsp3) is 0.550. The van der Waals surface area contributed by atoms with Gasteiger partial charge in [-0.15, -0.1) is 0 Å². The molecule has 2 rings (SSSR count). The number of urea groups is 1. The van der Waals surface area contributed by atoms with E-state index in [0.29, 0.717) is 12.5 Å². The molecule has 2 atom stereocenters. The van der Waals surface area contributed by atoms with E-state index in [0.717, 1.165) is 18.4 Å². The number of hydrogen-bond acceptors (Lipinski definition) is 4. The molecular formula is C20H29N3O4. The van der Waals surface area contributed by atoms with Gasteiger partial charge in [0.25, 0.3) is 5.91 Å². The number of amides is 3. The summed E-state index contributed by atoms with van der Waals surface area (Å²) >= 11 is 0. The van der Waals surface area contributed by atoms with Crippen LogP contribution in [0.3, 0.4) is 0 Å². The van der Waals surface area contributed by atoms with Crippen molar-refractivity contribution in [2.75, 3.05) is 6.54 Å². The van der Waals surface area contributed by atoms with E-state index in [-0.39, 0.29) is 12.3 Å². The monoisotopic (exact) mass is 375 g/mol. The van der Waals surface area contributed by atoms with Gasteiger partial charge in [0.15, 0.2) is 6.10 Å². The van der Waals surface area contributed by atoms with Crippen LogP contribution in [0.1, 0.15) is 44.6 Å². The summed E-state index contributed by atoms with van der Waals surface area (Å²) < 4.78 is 5.27. The number of nitrogens with two attached hydrogens (primary N) is 1. The van der Waals surface area contributed by atoms with Gasteiger partial charge in [0.1, 0.15) is 6.04 Å². The Hall–Kier alpha value is -2.57. The van der Waals surface area contributed by atoms with E-state index >= 15 is 0 Å². The molecule has 1 aliphatic carbocycles. The Morgan fingerprint density at radius 1 is 1.15 bits per heavy atom. The Bertz CT molecular complexity index is 629. The summed E-state index contributed by atoms with van der Waals surface area (Å²) in [6, 6.07) is 7.44. The molecule has 27 heavy (non-hydrogen) atoms. The third kappa shape index (κ3) is 7.29. The van der Waals surface area contributed by atoms with Crippen LogP contribution in [0.4, 0.5) is 4.79 Å². The lowest BCUT2D eigenvalue weighted by molar-refractivity contribution is -0.156. The van der Waals surface area contributed by atoms with Gasteiger partial charge in [-0.05, 0) is 31.2 Å². The van der Waals surface area contributed by atoms with Crippen molar-refractivity contribution in [2.24, 2.45) is 11.7 Å². The predicted molar refractivity (Wildman–Crippen MR) is 102 cm³/mol. The molecule has 0 saturated heterocycles. The summed E-state index contributed by atoms with van der Waals surface area (Å²) in [5, 5.41) is 5.25. The average Bonchev–Trinajstić information content (AvgIpc) is 2.66. The molecule has 0 unspecified atom stereocenters. The third-order valence-electron chi connectivity index (χ3n) is 4.84. The molecule has 1 aromatic carbocycles. The molecule has 0 aromatic heterocycles. The van der Waals surface area contributed by atoms with Crippen LogP contribution in [0.5, 0.6) is 0 Å². The Morgan fingerprint density at radius 3 is 2.44 bits per heavy atom. The van der Waals surface area contributed by atoms with Crippen LogP contribution < -0.4 is 16.4 Å². The van der Waals surface area contributed by atoms with Crippen LogP contribution in [0.25, 0.3) is 0 Å². The Kier molecular flexibility index (Phi) is 8.10. The maximum Gasteiger partial charge on any atom is 0.329 e. The first kappa shape index (κ1) is 20.7. The number of carbonyl (C=O) groups excluding carboxylic acids is 3. The van der Waals surface area contributed by atoms with E-state index in [4.69, 9.17) is 10.5 Å². The zero-order chi connectivity index (χ0) is 19.6. The lowest BCUT2D eigenvalue weighted by atomic mass is 9.89. The second kappa shape index (κ2) is 10.5. The van der Waals surface area contributed by atoms with Crippen LogP contribution in [0, 0.1) is 5.92 Å². The average molecular weight is 375 g/mol. The van der Waals surface area contributed by atoms with Crippen LogP contribution >= 0.6 is 0 Å². The number of hydrogen-bond donors (Lipinski definition) is 3.